The first-order valence-corrected chi connectivity index (χ1v) is 10.3. The molecule has 1 atom stereocenters. The summed E-state index contributed by atoms with van der Waals surface area (Å²) in [5.74, 6) is 0.0618. The third kappa shape index (κ3) is 3.16. The van der Waals surface area contributed by atoms with Crippen molar-refractivity contribution in [2.75, 3.05) is 18.0 Å². The minimum Gasteiger partial charge on any atom is -0.371 e. The Kier molecular flexibility index (Phi) is 4.48. The molecule has 7 heteroatoms. The molecule has 5 rings (SSSR count). The van der Waals surface area contributed by atoms with Crippen molar-refractivity contribution >= 4 is 11.6 Å². The number of amides is 1. The molecule has 0 spiro atoms. The van der Waals surface area contributed by atoms with Gasteiger partial charge in [0.2, 0.25) is 5.91 Å². The van der Waals surface area contributed by atoms with Crippen molar-refractivity contribution in [3.63, 3.8) is 0 Å². The molecule has 0 aromatic carbocycles. The first kappa shape index (κ1) is 18.5. The minimum absolute atomic E-state index is 0.103. The van der Waals surface area contributed by atoms with E-state index >= 15 is 0 Å². The summed E-state index contributed by atoms with van der Waals surface area (Å²) in [4.78, 5) is 25.7. The van der Waals surface area contributed by atoms with Gasteiger partial charge in [-0.1, -0.05) is 0 Å². The van der Waals surface area contributed by atoms with Crippen LogP contribution in [0, 0.1) is 12.8 Å². The number of aryl methyl sites for hydroxylation is 2. The molecule has 0 N–H and O–H groups in total. The molecule has 152 valence electrons. The lowest BCUT2D eigenvalue weighted by Crippen LogP contribution is -2.34. The summed E-state index contributed by atoms with van der Waals surface area (Å²) in [5.41, 5.74) is 6.69. The van der Waals surface area contributed by atoms with Crippen LogP contribution in [0.15, 0.2) is 18.3 Å². The summed E-state index contributed by atoms with van der Waals surface area (Å²) in [6.07, 6.45) is 2.83. The molecule has 1 saturated heterocycles. The smallest absolute Gasteiger partial charge is 0.280 e. The van der Waals surface area contributed by atoms with E-state index in [0.29, 0.717) is 31.9 Å². The lowest BCUT2D eigenvalue weighted by molar-refractivity contribution is -0.135. The van der Waals surface area contributed by atoms with Crippen molar-refractivity contribution in [2.24, 2.45) is 5.92 Å². The van der Waals surface area contributed by atoms with Crippen molar-refractivity contribution in [2.45, 2.75) is 52.1 Å². The van der Waals surface area contributed by atoms with Crippen LogP contribution in [0.25, 0.3) is 0 Å². The van der Waals surface area contributed by atoms with E-state index in [1.165, 1.54) is 34.6 Å². The maximum atomic E-state index is 13.2. The van der Waals surface area contributed by atoms with E-state index in [4.69, 9.17) is 4.98 Å². The van der Waals surface area contributed by atoms with Gasteiger partial charge in [0, 0.05) is 49.5 Å². The summed E-state index contributed by atoms with van der Waals surface area (Å²) in [6.45, 7) is 4.63. The van der Waals surface area contributed by atoms with Gasteiger partial charge < -0.3 is 9.80 Å². The zero-order chi connectivity index (χ0) is 20.1. The predicted octanol–water partition coefficient (Wildman–Crippen LogP) is 3.58. The monoisotopic (exact) mass is 398 g/mol. The molecule has 2 aromatic heterocycles. The highest BCUT2D eigenvalue weighted by molar-refractivity contribution is 5.81. The Labute approximate surface area is 168 Å². The largest absolute Gasteiger partial charge is 0.371 e. The second-order valence-corrected chi connectivity index (χ2v) is 8.30. The molecule has 2 aliphatic heterocycles. The number of aromatic nitrogens is 2. The number of anilines is 1. The third-order valence-corrected chi connectivity index (χ3v) is 6.56. The molecule has 1 amide bonds. The molecule has 2 aromatic rings. The van der Waals surface area contributed by atoms with Crippen LogP contribution in [-0.2, 0) is 30.7 Å². The molecule has 29 heavy (non-hydrogen) atoms. The van der Waals surface area contributed by atoms with Gasteiger partial charge in [0.25, 0.3) is 6.43 Å². The number of halogens is 2. The Balaban J connectivity index is 1.30. The lowest BCUT2D eigenvalue weighted by atomic mass is 10.0. The molecular formula is C22H24F2N4O. The maximum absolute atomic E-state index is 13.2. The summed E-state index contributed by atoms with van der Waals surface area (Å²) < 4.78 is 25.9. The fourth-order valence-corrected chi connectivity index (χ4v) is 5.05. The van der Waals surface area contributed by atoms with Gasteiger partial charge in [-0.05, 0) is 61.4 Å². The Morgan fingerprint density at radius 2 is 2.03 bits per heavy atom. The van der Waals surface area contributed by atoms with Crippen LogP contribution >= 0.6 is 0 Å². The first-order valence-electron chi connectivity index (χ1n) is 10.3. The van der Waals surface area contributed by atoms with Crippen molar-refractivity contribution in [3.8, 4) is 0 Å². The summed E-state index contributed by atoms with van der Waals surface area (Å²) >= 11 is 0. The van der Waals surface area contributed by atoms with Gasteiger partial charge in [-0.15, -0.1) is 0 Å². The van der Waals surface area contributed by atoms with Crippen LogP contribution < -0.4 is 4.90 Å². The highest BCUT2D eigenvalue weighted by atomic mass is 19.3. The molecule has 0 radical (unpaired) electrons. The number of carbonyl (C=O) groups excluding carboxylic acids is 1. The Bertz CT molecular complexity index is 978. The topological polar surface area (TPSA) is 49.3 Å². The van der Waals surface area contributed by atoms with Crippen LogP contribution in [0.4, 0.5) is 14.5 Å². The highest BCUT2D eigenvalue weighted by Crippen LogP contribution is 2.36. The summed E-state index contributed by atoms with van der Waals surface area (Å²) in [6, 6.07) is 3.17. The number of hydrogen-bond donors (Lipinski definition) is 0. The van der Waals surface area contributed by atoms with Gasteiger partial charge in [0.15, 0.2) is 0 Å². The van der Waals surface area contributed by atoms with E-state index in [0.717, 1.165) is 31.4 Å². The minimum atomic E-state index is -2.59. The molecular weight excluding hydrogens is 374 g/mol. The van der Waals surface area contributed by atoms with E-state index in [2.05, 4.69) is 4.98 Å². The van der Waals surface area contributed by atoms with E-state index in [-0.39, 0.29) is 17.5 Å². The Morgan fingerprint density at radius 3 is 2.86 bits per heavy atom. The molecule has 0 bridgehead atoms. The lowest BCUT2D eigenvalue weighted by Gasteiger charge is -2.22. The molecule has 1 aliphatic carbocycles. The SMILES string of the molecule is Cc1nc2c(c3c1CN(C(=O)[C@@H]1CCN(c4ccnc(C(F)F)c4)C1)C3)CCC2. The summed E-state index contributed by atoms with van der Waals surface area (Å²) in [5, 5.41) is 0. The first-order chi connectivity index (χ1) is 14.0. The van der Waals surface area contributed by atoms with Gasteiger partial charge in [0.05, 0.1) is 5.92 Å². The number of hydrogen-bond acceptors (Lipinski definition) is 4. The van der Waals surface area contributed by atoms with Gasteiger partial charge in [0.1, 0.15) is 5.69 Å². The van der Waals surface area contributed by atoms with Crippen molar-refractivity contribution in [3.05, 3.63) is 52.1 Å². The highest BCUT2D eigenvalue weighted by Gasteiger charge is 2.36. The van der Waals surface area contributed by atoms with E-state index < -0.39 is 6.43 Å². The fourth-order valence-electron chi connectivity index (χ4n) is 5.05. The van der Waals surface area contributed by atoms with Crippen LogP contribution in [0.2, 0.25) is 0 Å². The maximum Gasteiger partial charge on any atom is 0.280 e. The van der Waals surface area contributed by atoms with E-state index in [9.17, 15) is 13.6 Å². The molecule has 0 saturated carbocycles. The number of fused-ring (bicyclic) bond motifs is 3. The second kappa shape index (κ2) is 7.04. The van der Waals surface area contributed by atoms with Crippen LogP contribution in [0.3, 0.4) is 0 Å². The second-order valence-electron chi connectivity index (χ2n) is 8.30. The number of alkyl halides is 2. The molecule has 0 unspecified atom stereocenters. The number of pyridine rings is 2. The van der Waals surface area contributed by atoms with Crippen molar-refractivity contribution in [1.82, 2.24) is 14.9 Å². The molecule has 5 nitrogen and oxygen atoms in total. The van der Waals surface area contributed by atoms with Gasteiger partial charge in [-0.3, -0.25) is 14.8 Å². The number of nitrogens with zero attached hydrogens (tertiary/aromatic N) is 4. The van der Waals surface area contributed by atoms with Crippen LogP contribution in [-0.4, -0.2) is 33.9 Å². The Hall–Kier alpha value is -2.57. The number of rotatable bonds is 3. The third-order valence-electron chi connectivity index (χ3n) is 6.56. The van der Waals surface area contributed by atoms with Crippen molar-refractivity contribution < 1.29 is 13.6 Å². The zero-order valence-corrected chi connectivity index (χ0v) is 16.5. The summed E-state index contributed by atoms with van der Waals surface area (Å²) in [7, 11) is 0. The quantitative estimate of drug-likeness (QED) is 0.793. The van der Waals surface area contributed by atoms with E-state index in [1.54, 1.807) is 6.07 Å². The van der Waals surface area contributed by atoms with E-state index in [1.807, 2.05) is 16.7 Å². The number of carbonyl (C=O) groups is 1. The average Bonchev–Trinajstić information content (AvgIpc) is 3.46. The van der Waals surface area contributed by atoms with Crippen LogP contribution in [0.1, 0.15) is 53.0 Å². The predicted molar refractivity (Wildman–Crippen MR) is 105 cm³/mol. The molecule has 4 heterocycles. The average molecular weight is 398 g/mol. The van der Waals surface area contributed by atoms with Crippen LogP contribution in [0.5, 0.6) is 0 Å². The molecule has 1 fully saturated rings. The fraction of sp³-hybridized carbons (Fsp3) is 0.500. The zero-order valence-electron chi connectivity index (χ0n) is 16.5. The van der Waals surface area contributed by atoms with Gasteiger partial charge in [-0.25, -0.2) is 8.78 Å². The van der Waals surface area contributed by atoms with Crippen molar-refractivity contribution in [1.29, 1.82) is 0 Å². The van der Waals surface area contributed by atoms with Gasteiger partial charge in [-0.2, -0.15) is 0 Å². The molecule has 3 aliphatic rings. The standard InChI is InChI=1S/C22H24F2N4O/c1-13-17-11-28(12-18(17)16-3-2-4-19(16)26-13)22(29)14-6-8-27(10-14)15-5-7-25-20(9-15)21(23)24/h5,7,9,14,21H,2-4,6,8,10-12H2,1H3/t14-/m1/s1. The normalized spacial score (nSPS) is 20.5. The van der Waals surface area contributed by atoms with Gasteiger partial charge >= 0.3 is 0 Å². The Morgan fingerprint density at radius 1 is 1.21 bits per heavy atom.